The first-order valence-electron chi connectivity index (χ1n) is 7.18. The van der Waals surface area contributed by atoms with Crippen LogP contribution in [0.1, 0.15) is 27.7 Å². The normalized spacial score (nSPS) is 20.7. The molecule has 0 radical (unpaired) electrons. The Labute approximate surface area is 127 Å². The third-order valence-electron chi connectivity index (χ3n) is 3.51. The number of nitrogens with two attached hydrogens (primary N) is 1. The fourth-order valence-electron chi connectivity index (χ4n) is 2.71. The van der Waals surface area contributed by atoms with Crippen LogP contribution >= 0.6 is 0 Å². The van der Waals surface area contributed by atoms with E-state index in [1.807, 2.05) is 13.8 Å². The Bertz CT molecular complexity index is 462. The molecule has 0 unspecified atom stereocenters. The Morgan fingerprint density at radius 3 is 2.05 bits per heavy atom. The minimum atomic E-state index is -3.26. The molecule has 0 bridgehead atoms. The van der Waals surface area contributed by atoms with Gasteiger partial charge in [-0.25, -0.2) is 8.42 Å². The average molecular weight is 321 g/mol. The van der Waals surface area contributed by atoms with Crippen molar-refractivity contribution in [3.63, 3.8) is 0 Å². The number of aliphatic carboxylic acids is 1. The molecule has 3 N–H and O–H groups in total. The van der Waals surface area contributed by atoms with Gasteiger partial charge in [-0.2, -0.15) is 4.31 Å². The lowest BCUT2D eigenvalue weighted by molar-refractivity contribution is -0.146. The van der Waals surface area contributed by atoms with E-state index in [9.17, 15) is 18.3 Å². The fourth-order valence-corrected chi connectivity index (χ4v) is 4.48. The molecule has 0 aromatic carbocycles. The molecule has 124 valence electrons. The second-order valence-corrected chi connectivity index (χ2v) is 8.68. The van der Waals surface area contributed by atoms with Crippen LogP contribution in [0, 0.1) is 5.92 Å². The van der Waals surface area contributed by atoms with E-state index in [0.29, 0.717) is 26.2 Å². The van der Waals surface area contributed by atoms with Crippen LogP contribution in [0.15, 0.2) is 0 Å². The van der Waals surface area contributed by atoms with Gasteiger partial charge in [0.25, 0.3) is 0 Å². The maximum absolute atomic E-state index is 12.2. The Hall–Kier alpha value is -0.700. The summed E-state index contributed by atoms with van der Waals surface area (Å²) in [5, 5.41) is 9.35. The lowest BCUT2D eigenvalue weighted by Crippen LogP contribution is -2.63. The summed E-state index contributed by atoms with van der Waals surface area (Å²) in [6.07, 6.45) is 0. The molecule has 0 aliphatic carbocycles. The van der Waals surface area contributed by atoms with Crippen LogP contribution in [0.5, 0.6) is 0 Å². The first-order chi connectivity index (χ1) is 9.45. The van der Waals surface area contributed by atoms with Crippen LogP contribution in [0.4, 0.5) is 0 Å². The molecule has 1 atom stereocenters. The van der Waals surface area contributed by atoms with Crippen LogP contribution in [-0.4, -0.2) is 72.2 Å². The minimum Gasteiger partial charge on any atom is -0.480 e. The third kappa shape index (κ3) is 4.91. The lowest BCUT2D eigenvalue weighted by Gasteiger charge is -2.41. The molecule has 1 aliphatic rings. The zero-order valence-corrected chi connectivity index (χ0v) is 14.1. The van der Waals surface area contributed by atoms with E-state index in [4.69, 9.17) is 5.73 Å². The number of hydrogen-bond donors (Lipinski definition) is 2. The highest BCUT2D eigenvalue weighted by molar-refractivity contribution is 7.89. The summed E-state index contributed by atoms with van der Waals surface area (Å²) in [7, 11) is -3.26. The standard InChI is InChI=1S/C13H27N3O4S/c1-10(2)9-21(19,20)16-7-5-15(6-8-16)11(12(17)18)13(3,4)14/h10-11H,5-9,14H2,1-4H3,(H,17,18)/t11-/m1/s1. The molecule has 7 nitrogen and oxygen atoms in total. The van der Waals surface area contributed by atoms with Crippen LogP contribution in [0.25, 0.3) is 0 Å². The van der Waals surface area contributed by atoms with E-state index in [0.717, 1.165) is 0 Å². The van der Waals surface area contributed by atoms with Crippen LogP contribution in [0.3, 0.4) is 0 Å². The molecule has 0 aromatic heterocycles. The lowest BCUT2D eigenvalue weighted by atomic mass is 9.94. The summed E-state index contributed by atoms with van der Waals surface area (Å²) in [5.74, 6) is -0.777. The number of piperazine rings is 1. The SMILES string of the molecule is CC(C)CS(=O)(=O)N1CCN([C@H](C(=O)O)C(C)(C)N)CC1. The number of carbonyl (C=O) groups is 1. The van der Waals surface area contributed by atoms with Crippen molar-refractivity contribution in [1.82, 2.24) is 9.21 Å². The Balaban J connectivity index is 2.73. The van der Waals surface area contributed by atoms with Crippen LogP contribution in [0.2, 0.25) is 0 Å². The Morgan fingerprint density at radius 2 is 1.71 bits per heavy atom. The summed E-state index contributed by atoms with van der Waals surface area (Å²) < 4.78 is 25.8. The topological polar surface area (TPSA) is 104 Å². The average Bonchev–Trinajstić information content (AvgIpc) is 2.25. The molecule has 21 heavy (non-hydrogen) atoms. The number of hydrogen-bond acceptors (Lipinski definition) is 5. The largest absolute Gasteiger partial charge is 0.480 e. The maximum Gasteiger partial charge on any atom is 0.322 e. The van der Waals surface area contributed by atoms with E-state index in [-0.39, 0.29) is 11.7 Å². The summed E-state index contributed by atoms with van der Waals surface area (Å²) >= 11 is 0. The van der Waals surface area contributed by atoms with Crippen molar-refractivity contribution in [2.24, 2.45) is 11.7 Å². The predicted molar refractivity (Wildman–Crippen MR) is 81.5 cm³/mol. The molecule has 1 heterocycles. The van der Waals surface area contributed by atoms with Crippen molar-refractivity contribution in [3.8, 4) is 0 Å². The van der Waals surface area contributed by atoms with Gasteiger partial charge in [0.1, 0.15) is 6.04 Å². The predicted octanol–water partition coefficient (Wildman–Crippen LogP) is -0.220. The van der Waals surface area contributed by atoms with E-state index in [1.165, 1.54) is 4.31 Å². The Morgan fingerprint density at radius 1 is 1.24 bits per heavy atom. The van der Waals surface area contributed by atoms with Crippen LogP contribution < -0.4 is 5.73 Å². The zero-order chi connectivity index (χ0) is 16.4. The number of nitrogens with zero attached hydrogens (tertiary/aromatic N) is 2. The molecule has 1 fully saturated rings. The minimum absolute atomic E-state index is 0.0720. The van der Waals surface area contributed by atoms with Crippen molar-refractivity contribution in [2.75, 3.05) is 31.9 Å². The van der Waals surface area contributed by atoms with Gasteiger partial charge in [-0.15, -0.1) is 0 Å². The molecule has 0 spiro atoms. The number of rotatable bonds is 6. The Kier molecular flexibility index (Phi) is 5.76. The summed E-state index contributed by atoms with van der Waals surface area (Å²) in [6.45, 7) is 8.48. The van der Waals surface area contributed by atoms with Crippen molar-refractivity contribution in [2.45, 2.75) is 39.3 Å². The number of sulfonamides is 1. The molecular formula is C13H27N3O4S. The highest BCUT2D eigenvalue weighted by Gasteiger charge is 2.39. The molecule has 1 saturated heterocycles. The smallest absolute Gasteiger partial charge is 0.322 e. The molecule has 8 heteroatoms. The molecule has 0 saturated carbocycles. The number of carboxylic acid groups (broad SMARTS) is 1. The van der Waals surface area contributed by atoms with E-state index >= 15 is 0 Å². The van der Waals surface area contributed by atoms with Crippen molar-refractivity contribution in [3.05, 3.63) is 0 Å². The molecule has 0 aromatic rings. The van der Waals surface area contributed by atoms with Crippen LogP contribution in [-0.2, 0) is 14.8 Å². The maximum atomic E-state index is 12.2. The van der Waals surface area contributed by atoms with E-state index in [1.54, 1.807) is 18.7 Å². The molecule has 0 amide bonds. The van der Waals surface area contributed by atoms with Gasteiger partial charge in [0.05, 0.1) is 5.75 Å². The van der Waals surface area contributed by atoms with Gasteiger partial charge >= 0.3 is 5.97 Å². The van der Waals surface area contributed by atoms with Gasteiger partial charge in [-0.1, -0.05) is 13.8 Å². The first-order valence-corrected chi connectivity index (χ1v) is 8.79. The monoisotopic (exact) mass is 321 g/mol. The first kappa shape index (κ1) is 18.3. The van der Waals surface area contributed by atoms with Gasteiger partial charge in [-0.3, -0.25) is 9.69 Å². The van der Waals surface area contributed by atoms with Crippen molar-refractivity contribution < 1.29 is 18.3 Å². The van der Waals surface area contributed by atoms with Gasteiger partial charge < -0.3 is 10.8 Å². The van der Waals surface area contributed by atoms with Gasteiger partial charge in [0.2, 0.25) is 10.0 Å². The van der Waals surface area contributed by atoms with Crippen molar-refractivity contribution in [1.29, 1.82) is 0 Å². The second kappa shape index (κ2) is 6.60. The van der Waals surface area contributed by atoms with Gasteiger partial charge in [0, 0.05) is 31.7 Å². The van der Waals surface area contributed by atoms with E-state index in [2.05, 4.69) is 0 Å². The molecular weight excluding hydrogens is 294 g/mol. The number of carboxylic acids is 1. The van der Waals surface area contributed by atoms with Crippen molar-refractivity contribution >= 4 is 16.0 Å². The zero-order valence-electron chi connectivity index (χ0n) is 13.2. The molecule has 1 rings (SSSR count). The second-order valence-electron chi connectivity index (χ2n) is 6.67. The van der Waals surface area contributed by atoms with Gasteiger partial charge in [0.15, 0.2) is 0 Å². The summed E-state index contributed by atoms with van der Waals surface area (Å²) in [6, 6.07) is -0.813. The highest BCUT2D eigenvalue weighted by atomic mass is 32.2. The quantitative estimate of drug-likeness (QED) is 0.701. The molecule has 1 aliphatic heterocycles. The third-order valence-corrected chi connectivity index (χ3v) is 5.75. The van der Waals surface area contributed by atoms with E-state index < -0.39 is 27.6 Å². The fraction of sp³-hybridized carbons (Fsp3) is 0.923. The summed E-state index contributed by atoms with van der Waals surface area (Å²) in [4.78, 5) is 13.2. The summed E-state index contributed by atoms with van der Waals surface area (Å²) in [5.41, 5.74) is 5.06. The highest BCUT2D eigenvalue weighted by Crippen LogP contribution is 2.18. The van der Waals surface area contributed by atoms with Gasteiger partial charge in [-0.05, 0) is 19.8 Å².